The van der Waals surface area contributed by atoms with Gasteiger partial charge < -0.3 is 10.1 Å². The fourth-order valence-electron chi connectivity index (χ4n) is 2.11. The van der Waals surface area contributed by atoms with E-state index in [9.17, 15) is 10.1 Å². The second-order valence-corrected chi connectivity index (χ2v) is 5.16. The van der Waals surface area contributed by atoms with Gasteiger partial charge in [0.15, 0.2) is 0 Å². The summed E-state index contributed by atoms with van der Waals surface area (Å²) in [6.07, 6.45) is 1.52. The fourth-order valence-corrected chi connectivity index (χ4v) is 2.11. The summed E-state index contributed by atoms with van der Waals surface area (Å²) in [5.41, 5.74) is 3.59. The van der Waals surface area contributed by atoms with Gasteiger partial charge in [0.1, 0.15) is 17.4 Å². The molecule has 0 unspecified atom stereocenters. The predicted molar refractivity (Wildman–Crippen MR) is 91.1 cm³/mol. The molecule has 1 N–H and O–H groups in total. The van der Waals surface area contributed by atoms with E-state index in [1.807, 2.05) is 50.2 Å². The Labute approximate surface area is 136 Å². The van der Waals surface area contributed by atoms with Crippen molar-refractivity contribution in [2.75, 3.05) is 12.4 Å². The van der Waals surface area contributed by atoms with Gasteiger partial charge in [0, 0.05) is 11.3 Å². The number of nitriles is 1. The molecule has 1 amide bonds. The molecule has 0 aliphatic carbocycles. The summed E-state index contributed by atoms with van der Waals surface area (Å²) in [4.78, 5) is 12.3. The average Bonchev–Trinajstić information content (AvgIpc) is 2.56. The predicted octanol–water partition coefficient (Wildman–Crippen LogP) is 3.86. The number of nitrogens with zero attached hydrogens (tertiary/aromatic N) is 1. The first-order valence-corrected chi connectivity index (χ1v) is 7.18. The third kappa shape index (κ3) is 3.98. The molecule has 0 bridgehead atoms. The van der Waals surface area contributed by atoms with Crippen molar-refractivity contribution in [2.45, 2.75) is 13.8 Å². The number of nitrogens with one attached hydrogen (secondary N) is 1. The summed E-state index contributed by atoms with van der Waals surface area (Å²) in [5, 5.41) is 12.0. The lowest BCUT2D eigenvalue weighted by atomic mass is 10.1. The van der Waals surface area contributed by atoms with Crippen molar-refractivity contribution in [1.29, 1.82) is 5.26 Å². The number of anilines is 1. The van der Waals surface area contributed by atoms with Crippen LogP contribution in [-0.2, 0) is 4.79 Å². The van der Waals surface area contributed by atoms with Gasteiger partial charge in [-0.2, -0.15) is 5.26 Å². The Morgan fingerprint density at radius 1 is 1.17 bits per heavy atom. The molecule has 2 aromatic rings. The molecule has 0 atom stereocenters. The highest BCUT2D eigenvalue weighted by atomic mass is 16.5. The Balaban J connectivity index is 2.26. The zero-order chi connectivity index (χ0) is 16.8. The van der Waals surface area contributed by atoms with Crippen LogP contribution >= 0.6 is 0 Å². The van der Waals surface area contributed by atoms with Gasteiger partial charge in [-0.05, 0) is 49.2 Å². The number of rotatable bonds is 4. The maximum atomic E-state index is 12.3. The molecule has 0 fully saturated rings. The second-order valence-electron chi connectivity index (χ2n) is 5.16. The summed E-state index contributed by atoms with van der Waals surface area (Å²) >= 11 is 0. The third-order valence-corrected chi connectivity index (χ3v) is 3.57. The van der Waals surface area contributed by atoms with Crippen LogP contribution < -0.4 is 10.1 Å². The SMILES string of the molecule is COc1ccccc1/C=C(\C#N)C(=O)Nc1ccc(C)c(C)c1. The van der Waals surface area contributed by atoms with E-state index in [4.69, 9.17) is 4.74 Å². The number of ether oxygens (including phenoxy) is 1. The van der Waals surface area contributed by atoms with Crippen molar-refractivity contribution >= 4 is 17.7 Å². The van der Waals surface area contributed by atoms with Crippen LogP contribution in [0.1, 0.15) is 16.7 Å². The van der Waals surface area contributed by atoms with Crippen LogP contribution in [0, 0.1) is 25.2 Å². The van der Waals surface area contributed by atoms with Crippen LogP contribution in [0.2, 0.25) is 0 Å². The van der Waals surface area contributed by atoms with Crippen molar-refractivity contribution in [1.82, 2.24) is 0 Å². The maximum Gasteiger partial charge on any atom is 0.266 e. The number of amides is 1. The number of methoxy groups -OCH3 is 1. The minimum Gasteiger partial charge on any atom is -0.496 e. The van der Waals surface area contributed by atoms with E-state index in [1.165, 1.54) is 6.08 Å². The summed E-state index contributed by atoms with van der Waals surface area (Å²) in [6, 6.07) is 14.8. The smallest absolute Gasteiger partial charge is 0.266 e. The quantitative estimate of drug-likeness (QED) is 0.689. The Morgan fingerprint density at radius 2 is 1.91 bits per heavy atom. The number of hydrogen-bond donors (Lipinski definition) is 1. The van der Waals surface area contributed by atoms with Gasteiger partial charge in [0.05, 0.1) is 7.11 Å². The molecule has 0 heterocycles. The monoisotopic (exact) mass is 306 g/mol. The largest absolute Gasteiger partial charge is 0.496 e. The number of hydrogen-bond acceptors (Lipinski definition) is 3. The lowest BCUT2D eigenvalue weighted by Crippen LogP contribution is -2.13. The topological polar surface area (TPSA) is 62.1 Å². The van der Waals surface area contributed by atoms with Crippen molar-refractivity contribution in [3.05, 3.63) is 64.7 Å². The number of benzene rings is 2. The lowest BCUT2D eigenvalue weighted by molar-refractivity contribution is -0.112. The van der Waals surface area contributed by atoms with Crippen molar-refractivity contribution < 1.29 is 9.53 Å². The fraction of sp³-hybridized carbons (Fsp3) is 0.158. The lowest BCUT2D eigenvalue weighted by Gasteiger charge is -2.08. The van der Waals surface area contributed by atoms with Gasteiger partial charge in [-0.25, -0.2) is 0 Å². The molecule has 0 saturated carbocycles. The van der Waals surface area contributed by atoms with Crippen molar-refractivity contribution in [3.8, 4) is 11.8 Å². The molecular formula is C19H18N2O2. The number of para-hydroxylation sites is 1. The van der Waals surface area contributed by atoms with Crippen LogP contribution in [-0.4, -0.2) is 13.0 Å². The van der Waals surface area contributed by atoms with E-state index in [1.54, 1.807) is 19.2 Å². The molecular weight excluding hydrogens is 288 g/mol. The highest BCUT2D eigenvalue weighted by Gasteiger charge is 2.11. The molecule has 2 aromatic carbocycles. The summed E-state index contributed by atoms with van der Waals surface area (Å²) < 4.78 is 5.23. The molecule has 23 heavy (non-hydrogen) atoms. The molecule has 0 radical (unpaired) electrons. The first-order chi connectivity index (χ1) is 11.0. The summed E-state index contributed by atoms with van der Waals surface area (Å²) in [7, 11) is 1.55. The molecule has 0 aliphatic heterocycles. The van der Waals surface area contributed by atoms with Crippen molar-refractivity contribution in [3.63, 3.8) is 0 Å². The van der Waals surface area contributed by atoms with Gasteiger partial charge in [0.2, 0.25) is 0 Å². The minimum absolute atomic E-state index is 0.0210. The first kappa shape index (κ1) is 16.3. The Kier molecular flexibility index (Phi) is 5.16. The minimum atomic E-state index is -0.443. The summed E-state index contributed by atoms with van der Waals surface area (Å²) in [6.45, 7) is 3.98. The molecule has 4 nitrogen and oxygen atoms in total. The highest BCUT2D eigenvalue weighted by Crippen LogP contribution is 2.21. The van der Waals surface area contributed by atoms with Gasteiger partial charge in [-0.1, -0.05) is 24.3 Å². The third-order valence-electron chi connectivity index (χ3n) is 3.57. The molecule has 2 rings (SSSR count). The zero-order valence-electron chi connectivity index (χ0n) is 13.4. The van der Waals surface area contributed by atoms with Gasteiger partial charge in [-0.3, -0.25) is 4.79 Å². The van der Waals surface area contributed by atoms with E-state index in [0.717, 1.165) is 11.1 Å². The average molecular weight is 306 g/mol. The number of carbonyl (C=O) groups excluding carboxylic acids is 1. The zero-order valence-corrected chi connectivity index (χ0v) is 13.4. The van der Waals surface area contributed by atoms with E-state index < -0.39 is 5.91 Å². The van der Waals surface area contributed by atoms with Gasteiger partial charge in [-0.15, -0.1) is 0 Å². The molecule has 0 saturated heterocycles. The first-order valence-electron chi connectivity index (χ1n) is 7.18. The molecule has 116 valence electrons. The Morgan fingerprint density at radius 3 is 2.57 bits per heavy atom. The van der Waals surface area contributed by atoms with Gasteiger partial charge in [0.25, 0.3) is 5.91 Å². The molecule has 0 aliphatic rings. The molecule has 0 aromatic heterocycles. The summed E-state index contributed by atoms with van der Waals surface area (Å²) in [5.74, 6) is 0.167. The standard InChI is InChI=1S/C19H18N2O2/c1-13-8-9-17(10-14(13)2)21-19(22)16(12-20)11-15-6-4-5-7-18(15)23-3/h4-11H,1-3H3,(H,21,22)/b16-11+. The van der Waals surface area contributed by atoms with Gasteiger partial charge >= 0.3 is 0 Å². The van der Waals surface area contributed by atoms with Crippen LogP contribution in [0.4, 0.5) is 5.69 Å². The maximum absolute atomic E-state index is 12.3. The van der Waals surface area contributed by atoms with Crippen LogP contribution in [0.3, 0.4) is 0 Å². The normalized spacial score (nSPS) is 10.8. The number of carbonyl (C=O) groups is 1. The number of aryl methyl sites for hydroxylation is 2. The van der Waals surface area contributed by atoms with Crippen LogP contribution in [0.5, 0.6) is 5.75 Å². The van der Waals surface area contributed by atoms with E-state index in [-0.39, 0.29) is 5.57 Å². The highest BCUT2D eigenvalue weighted by molar-refractivity contribution is 6.09. The molecule has 4 heteroatoms. The van der Waals surface area contributed by atoms with E-state index in [0.29, 0.717) is 17.0 Å². The Bertz CT molecular complexity index is 801. The Hall–Kier alpha value is -3.06. The second kappa shape index (κ2) is 7.28. The molecule has 0 spiro atoms. The van der Waals surface area contributed by atoms with E-state index in [2.05, 4.69) is 5.32 Å². The van der Waals surface area contributed by atoms with Crippen molar-refractivity contribution in [2.24, 2.45) is 0 Å². The van der Waals surface area contributed by atoms with E-state index >= 15 is 0 Å². The van der Waals surface area contributed by atoms with Crippen LogP contribution in [0.15, 0.2) is 48.0 Å². The van der Waals surface area contributed by atoms with Crippen LogP contribution in [0.25, 0.3) is 6.08 Å².